The van der Waals surface area contributed by atoms with E-state index in [0.717, 1.165) is 22.3 Å². The van der Waals surface area contributed by atoms with Gasteiger partial charge in [-0.05, 0) is 55.7 Å². The van der Waals surface area contributed by atoms with E-state index >= 15 is 0 Å². The molecule has 3 aromatic rings. The maximum absolute atomic E-state index is 12.8. The first-order valence-electron chi connectivity index (χ1n) is 10.7. The van der Waals surface area contributed by atoms with Crippen LogP contribution in [0.5, 0.6) is 5.75 Å². The lowest BCUT2D eigenvalue weighted by Crippen LogP contribution is -2.30. The zero-order chi connectivity index (χ0) is 24.2. The molecule has 0 radical (unpaired) electrons. The lowest BCUT2D eigenvalue weighted by atomic mass is 10.1. The fraction of sp³-hybridized carbons (Fsp3) is 0.269. The van der Waals surface area contributed by atoms with Crippen molar-refractivity contribution in [3.63, 3.8) is 0 Å². The van der Waals surface area contributed by atoms with Gasteiger partial charge in [0.25, 0.3) is 5.91 Å². The Bertz CT molecular complexity index is 1220. The first-order chi connectivity index (χ1) is 15.6. The fourth-order valence-corrected chi connectivity index (χ4v) is 4.87. The van der Waals surface area contributed by atoms with Gasteiger partial charge in [-0.1, -0.05) is 48.5 Å². The fourth-order valence-electron chi connectivity index (χ4n) is 3.87. The molecule has 6 nitrogen and oxygen atoms in total. The molecular formula is C26H30N2O4S. The molecule has 0 aliphatic rings. The predicted molar refractivity (Wildman–Crippen MR) is 132 cm³/mol. The molecule has 0 saturated heterocycles. The number of aryl methyl sites for hydroxylation is 2. The maximum atomic E-state index is 12.8. The van der Waals surface area contributed by atoms with Gasteiger partial charge < -0.3 is 10.1 Å². The van der Waals surface area contributed by atoms with Crippen LogP contribution in [0.25, 0.3) is 0 Å². The zero-order valence-corrected chi connectivity index (χ0v) is 20.4. The van der Waals surface area contributed by atoms with E-state index < -0.39 is 10.0 Å². The Morgan fingerprint density at radius 3 is 2.15 bits per heavy atom. The van der Waals surface area contributed by atoms with Crippen molar-refractivity contribution in [2.24, 2.45) is 0 Å². The molecule has 3 aromatic carbocycles. The number of nitrogens with one attached hydrogen (secondary N) is 1. The monoisotopic (exact) mass is 466 g/mol. The van der Waals surface area contributed by atoms with Crippen molar-refractivity contribution in [2.75, 3.05) is 17.7 Å². The van der Waals surface area contributed by atoms with Crippen LogP contribution in [0.3, 0.4) is 0 Å². The second kappa shape index (κ2) is 10.1. The van der Waals surface area contributed by atoms with E-state index in [4.69, 9.17) is 4.74 Å². The Morgan fingerprint density at radius 2 is 1.58 bits per heavy atom. The molecule has 0 saturated carbocycles. The van der Waals surface area contributed by atoms with Gasteiger partial charge in [-0.3, -0.25) is 9.10 Å². The molecule has 0 spiro atoms. The van der Waals surface area contributed by atoms with Gasteiger partial charge in [0.2, 0.25) is 10.0 Å². The van der Waals surface area contributed by atoms with Gasteiger partial charge in [0.05, 0.1) is 31.6 Å². The number of rotatable bonds is 8. The third kappa shape index (κ3) is 5.73. The number of anilines is 1. The normalized spacial score (nSPS) is 12.2. The first-order valence-corrected chi connectivity index (χ1v) is 12.5. The summed E-state index contributed by atoms with van der Waals surface area (Å²) in [6, 6.07) is 20.0. The van der Waals surface area contributed by atoms with Crippen LogP contribution >= 0.6 is 0 Å². The SMILES string of the molecule is COc1ccccc1[C@H](C)NC(=O)c1ccc(CN(c2c(C)cccc2C)S(C)(=O)=O)cc1. The summed E-state index contributed by atoms with van der Waals surface area (Å²) in [4.78, 5) is 12.8. The summed E-state index contributed by atoms with van der Waals surface area (Å²) in [5.74, 6) is 0.502. The van der Waals surface area contributed by atoms with Crippen molar-refractivity contribution >= 4 is 21.6 Å². The largest absolute Gasteiger partial charge is 0.496 e. The molecule has 174 valence electrons. The smallest absolute Gasteiger partial charge is 0.251 e. The van der Waals surface area contributed by atoms with Crippen LogP contribution in [-0.2, 0) is 16.6 Å². The Labute approximate surface area is 196 Å². The molecule has 33 heavy (non-hydrogen) atoms. The molecule has 0 aliphatic heterocycles. The van der Waals surface area contributed by atoms with Gasteiger partial charge in [-0.25, -0.2) is 8.42 Å². The number of methoxy groups -OCH3 is 1. The summed E-state index contributed by atoms with van der Waals surface area (Å²) >= 11 is 0. The molecule has 0 aliphatic carbocycles. The Hall–Kier alpha value is -3.32. The van der Waals surface area contributed by atoms with Gasteiger partial charge >= 0.3 is 0 Å². The minimum absolute atomic E-state index is 0.185. The van der Waals surface area contributed by atoms with Crippen molar-refractivity contribution in [3.8, 4) is 5.75 Å². The highest BCUT2D eigenvalue weighted by atomic mass is 32.2. The third-order valence-electron chi connectivity index (χ3n) is 5.58. The molecule has 0 fully saturated rings. The van der Waals surface area contributed by atoms with Crippen molar-refractivity contribution in [1.29, 1.82) is 0 Å². The molecular weight excluding hydrogens is 436 g/mol. The Kier molecular flexibility index (Phi) is 7.43. The number of nitrogens with zero attached hydrogens (tertiary/aromatic N) is 1. The van der Waals surface area contributed by atoms with Crippen molar-refractivity contribution in [2.45, 2.75) is 33.4 Å². The minimum atomic E-state index is -3.50. The third-order valence-corrected chi connectivity index (χ3v) is 6.70. The van der Waals surface area contributed by atoms with E-state index in [9.17, 15) is 13.2 Å². The number of sulfonamides is 1. The second-order valence-corrected chi connectivity index (χ2v) is 10.1. The number of amides is 1. The molecule has 1 atom stereocenters. The van der Waals surface area contributed by atoms with Gasteiger partial charge in [0, 0.05) is 11.1 Å². The van der Waals surface area contributed by atoms with Gasteiger partial charge in [-0.2, -0.15) is 0 Å². The molecule has 7 heteroatoms. The number of carbonyl (C=O) groups excluding carboxylic acids is 1. The second-order valence-electron chi connectivity index (χ2n) is 8.14. The molecule has 0 aromatic heterocycles. The molecule has 0 heterocycles. The number of para-hydroxylation sites is 2. The Morgan fingerprint density at radius 1 is 0.970 bits per heavy atom. The average Bonchev–Trinajstić information content (AvgIpc) is 2.78. The molecule has 1 N–H and O–H groups in total. The van der Waals surface area contributed by atoms with E-state index in [1.54, 1.807) is 31.4 Å². The minimum Gasteiger partial charge on any atom is -0.496 e. The van der Waals surface area contributed by atoms with Crippen molar-refractivity contribution < 1.29 is 17.9 Å². The average molecular weight is 467 g/mol. The topological polar surface area (TPSA) is 75.7 Å². The van der Waals surface area contributed by atoms with Gasteiger partial charge in [0.15, 0.2) is 0 Å². The van der Waals surface area contributed by atoms with Crippen LogP contribution in [0.4, 0.5) is 5.69 Å². The van der Waals surface area contributed by atoms with E-state index in [1.165, 1.54) is 10.6 Å². The maximum Gasteiger partial charge on any atom is 0.251 e. The molecule has 1 amide bonds. The van der Waals surface area contributed by atoms with Crippen molar-refractivity contribution in [1.82, 2.24) is 5.32 Å². The van der Waals surface area contributed by atoms with Crippen LogP contribution in [0, 0.1) is 13.8 Å². The molecule has 0 unspecified atom stereocenters. The lowest BCUT2D eigenvalue weighted by Gasteiger charge is -2.26. The van der Waals surface area contributed by atoms with Crippen LogP contribution in [0.2, 0.25) is 0 Å². The van der Waals surface area contributed by atoms with E-state index in [0.29, 0.717) is 17.0 Å². The highest BCUT2D eigenvalue weighted by Crippen LogP contribution is 2.29. The van der Waals surface area contributed by atoms with Crippen LogP contribution in [0.1, 0.15) is 45.6 Å². The number of benzene rings is 3. The zero-order valence-electron chi connectivity index (χ0n) is 19.6. The first kappa shape index (κ1) is 24.3. The number of hydrogen-bond donors (Lipinski definition) is 1. The van der Waals surface area contributed by atoms with Crippen LogP contribution < -0.4 is 14.4 Å². The number of hydrogen-bond acceptors (Lipinski definition) is 4. The van der Waals surface area contributed by atoms with Gasteiger partial charge in [0.1, 0.15) is 5.75 Å². The number of carbonyl (C=O) groups is 1. The van der Waals surface area contributed by atoms with E-state index in [1.807, 2.05) is 63.2 Å². The summed E-state index contributed by atoms with van der Waals surface area (Å²) < 4.78 is 31.9. The van der Waals surface area contributed by atoms with E-state index in [-0.39, 0.29) is 18.5 Å². The highest BCUT2D eigenvalue weighted by Gasteiger charge is 2.22. The predicted octanol–water partition coefficient (Wildman–Crippen LogP) is 4.77. The number of ether oxygens (including phenoxy) is 1. The summed E-state index contributed by atoms with van der Waals surface area (Å²) in [5, 5.41) is 2.99. The van der Waals surface area contributed by atoms with Crippen molar-refractivity contribution in [3.05, 3.63) is 94.5 Å². The molecule has 3 rings (SSSR count). The standard InChI is InChI=1S/C26H30N2O4S/c1-18-9-8-10-19(2)25(18)28(33(5,30)31)17-21-13-15-22(16-14-21)26(29)27-20(3)23-11-6-7-12-24(23)32-4/h6-16,20H,17H2,1-5H3,(H,27,29)/t20-/m0/s1. The summed E-state index contributed by atoms with van der Waals surface area (Å²) in [7, 11) is -1.90. The Balaban J connectivity index is 1.78. The lowest BCUT2D eigenvalue weighted by molar-refractivity contribution is 0.0939. The van der Waals surface area contributed by atoms with Crippen LogP contribution in [-0.4, -0.2) is 27.7 Å². The molecule has 0 bridgehead atoms. The van der Waals surface area contributed by atoms with E-state index in [2.05, 4.69) is 5.32 Å². The summed E-state index contributed by atoms with van der Waals surface area (Å²) in [5.41, 5.74) is 4.65. The van der Waals surface area contributed by atoms with Crippen LogP contribution in [0.15, 0.2) is 66.7 Å². The summed E-state index contributed by atoms with van der Waals surface area (Å²) in [6.45, 7) is 5.89. The van der Waals surface area contributed by atoms with Gasteiger partial charge in [-0.15, -0.1) is 0 Å². The summed E-state index contributed by atoms with van der Waals surface area (Å²) in [6.07, 6.45) is 1.21. The highest BCUT2D eigenvalue weighted by molar-refractivity contribution is 7.92. The quantitative estimate of drug-likeness (QED) is 0.519.